The van der Waals surface area contributed by atoms with Crippen LogP contribution in [0, 0.1) is 18.3 Å². The van der Waals surface area contributed by atoms with Gasteiger partial charge in [0, 0.05) is 12.2 Å². The lowest BCUT2D eigenvalue weighted by atomic mass is 10.0. The number of anilines is 1. The minimum absolute atomic E-state index is 0.0318. The van der Waals surface area contributed by atoms with Gasteiger partial charge in [-0.05, 0) is 62.7 Å². The Morgan fingerprint density at radius 3 is 2.41 bits per heavy atom. The second-order valence-corrected chi connectivity index (χ2v) is 7.02. The summed E-state index contributed by atoms with van der Waals surface area (Å²) < 4.78 is 0. The standard InChI is InChI=1S/C22H26N4O/c1-17-4-8-19(9-5-17)21(26-12-2-3-13-26)15-25-22(27)16-24-20-10-6-18(14-23)7-11-20/h4-11,21,24H,2-3,12-13,15-16H2,1H3,(H,25,27). The highest BCUT2D eigenvalue weighted by atomic mass is 16.1. The van der Waals surface area contributed by atoms with Crippen molar-refractivity contribution in [3.63, 3.8) is 0 Å². The van der Waals surface area contributed by atoms with Gasteiger partial charge in [-0.25, -0.2) is 0 Å². The van der Waals surface area contributed by atoms with E-state index in [9.17, 15) is 4.79 Å². The van der Waals surface area contributed by atoms with Crippen molar-refractivity contribution in [3.8, 4) is 6.07 Å². The second-order valence-electron chi connectivity index (χ2n) is 7.02. The van der Waals surface area contributed by atoms with E-state index < -0.39 is 0 Å². The number of carbonyl (C=O) groups excluding carboxylic acids is 1. The third-order valence-electron chi connectivity index (χ3n) is 5.00. The normalized spacial score (nSPS) is 15.1. The predicted molar refractivity (Wildman–Crippen MR) is 107 cm³/mol. The van der Waals surface area contributed by atoms with Crippen molar-refractivity contribution in [2.45, 2.75) is 25.8 Å². The third kappa shape index (κ3) is 5.32. The SMILES string of the molecule is Cc1ccc(C(CNC(=O)CNc2ccc(C#N)cc2)N2CCCC2)cc1. The van der Waals surface area contributed by atoms with Gasteiger partial charge in [0.25, 0.3) is 0 Å². The Morgan fingerprint density at radius 1 is 1.11 bits per heavy atom. The molecule has 2 aromatic carbocycles. The number of hydrogen-bond donors (Lipinski definition) is 2. The van der Waals surface area contributed by atoms with Gasteiger partial charge in [0.1, 0.15) is 0 Å². The topological polar surface area (TPSA) is 68.2 Å². The van der Waals surface area contributed by atoms with Gasteiger partial charge < -0.3 is 10.6 Å². The van der Waals surface area contributed by atoms with Crippen molar-refractivity contribution >= 4 is 11.6 Å². The zero-order valence-corrected chi connectivity index (χ0v) is 15.7. The highest BCUT2D eigenvalue weighted by Crippen LogP contribution is 2.24. The number of amides is 1. The van der Waals surface area contributed by atoms with Crippen molar-refractivity contribution in [2.24, 2.45) is 0 Å². The second kappa shape index (κ2) is 9.20. The third-order valence-corrected chi connectivity index (χ3v) is 5.00. The average molecular weight is 362 g/mol. The van der Waals surface area contributed by atoms with Crippen LogP contribution >= 0.6 is 0 Å². The van der Waals surface area contributed by atoms with Crippen LogP contribution in [0.15, 0.2) is 48.5 Å². The van der Waals surface area contributed by atoms with Crippen molar-refractivity contribution in [1.29, 1.82) is 5.26 Å². The molecule has 0 aromatic heterocycles. The van der Waals surface area contributed by atoms with Crippen molar-refractivity contribution < 1.29 is 4.79 Å². The van der Waals surface area contributed by atoms with Gasteiger partial charge in [0.05, 0.1) is 24.2 Å². The number of likely N-dealkylation sites (tertiary alicyclic amines) is 1. The van der Waals surface area contributed by atoms with Crippen molar-refractivity contribution in [3.05, 3.63) is 65.2 Å². The number of nitrogens with one attached hydrogen (secondary N) is 2. The molecule has 0 aliphatic carbocycles. The molecule has 0 radical (unpaired) electrons. The first kappa shape index (κ1) is 18.9. The van der Waals surface area contributed by atoms with Crippen LogP contribution in [0.1, 0.15) is 35.6 Å². The fourth-order valence-electron chi connectivity index (χ4n) is 3.42. The zero-order valence-electron chi connectivity index (χ0n) is 15.7. The minimum atomic E-state index is -0.0318. The molecule has 5 nitrogen and oxygen atoms in total. The summed E-state index contributed by atoms with van der Waals surface area (Å²) in [6.07, 6.45) is 2.44. The van der Waals surface area contributed by atoms with Gasteiger partial charge in [0.2, 0.25) is 5.91 Å². The number of rotatable bonds is 7. The Labute approximate surface area is 161 Å². The summed E-state index contributed by atoms with van der Waals surface area (Å²) in [4.78, 5) is 14.8. The summed E-state index contributed by atoms with van der Waals surface area (Å²) in [5.41, 5.74) is 3.94. The molecule has 2 N–H and O–H groups in total. The lowest BCUT2D eigenvalue weighted by Crippen LogP contribution is -2.38. The molecular weight excluding hydrogens is 336 g/mol. The number of benzene rings is 2. The van der Waals surface area contributed by atoms with E-state index in [4.69, 9.17) is 5.26 Å². The van der Waals surface area contributed by atoms with Gasteiger partial charge in [-0.15, -0.1) is 0 Å². The predicted octanol–water partition coefficient (Wildman–Crippen LogP) is 3.23. The molecule has 0 saturated carbocycles. The molecular formula is C22H26N4O. The molecule has 1 aliphatic rings. The molecule has 3 rings (SSSR count). The van der Waals surface area contributed by atoms with Gasteiger partial charge >= 0.3 is 0 Å². The number of hydrogen-bond acceptors (Lipinski definition) is 4. The molecule has 0 spiro atoms. The number of carbonyl (C=O) groups is 1. The van der Waals surface area contributed by atoms with Crippen LogP contribution < -0.4 is 10.6 Å². The van der Waals surface area contributed by atoms with Crippen LogP contribution in [0.5, 0.6) is 0 Å². The average Bonchev–Trinajstić information content (AvgIpc) is 3.23. The van der Waals surface area contributed by atoms with Gasteiger partial charge in [-0.1, -0.05) is 29.8 Å². The summed E-state index contributed by atoms with van der Waals surface area (Å²) in [5.74, 6) is -0.0318. The Balaban J connectivity index is 1.55. The van der Waals surface area contributed by atoms with E-state index in [1.54, 1.807) is 12.1 Å². The highest BCUT2D eigenvalue weighted by molar-refractivity contribution is 5.80. The lowest BCUT2D eigenvalue weighted by molar-refractivity contribution is -0.119. The van der Waals surface area contributed by atoms with Crippen LogP contribution in [0.4, 0.5) is 5.69 Å². The summed E-state index contributed by atoms with van der Waals surface area (Å²) in [5, 5.41) is 15.0. The Morgan fingerprint density at radius 2 is 1.78 bits per heavy atom. The van der Waals surface area contributed by atoms with Crippen LogP contribution in [0.3, 0.4) is 0 Å². The smallest absolute Gasteiger partial charge is 0.239 e. The molecule has 1 heterocycles. The van der Waals surface area contributed by atoms with Gasteiger partial charge in [-0.3, -0.25) is 9.69 Å². The van der Waals surface area contributed by atoms with Gasteiger partial charge in [0.15, 0.2) is 0 Å². The van der Waals surface area contributed by atoms with E-state index in [1.165, 1.54) is 24.0 Å². The summed E-state index contributed by atoms with van der Waals surface area (Å²) in [6.45, 7) is 5.07. The fourth-order valence-corrected chi connectivity index (χ4v) is 3.42. The summed E-state index contributed by atoms with van der Waals surface area (Å²) >= 11 is 0. The minimum Gasteiger partial charge on any atom is -0.376 e. The number of aryl methyl sites for hydroxylation is 1. The highest BCUT2D eigenvalue weighted by Gasteiger charge is 2.23. The van der Waals surface area contributed by atoms with Crippen LogP contribution in [-0.4, -0.2) is 37.0 Å². The van der Waals surface area contributed by atoms with E-state index in [1.807, 2.05) is 12.1 Å². The maximum Gasteiger partial charge on any atom is 0.239 e. The molecule has 1 aliphatic heterocycles. The molecule has 5 heteroatoms. The molecule has 140 valence electrons. The molecule has 1 atom stereocenters. The Hall–Kier alpha value is -2.84. The quantitative estimate of drug-likeness (QED) is 0.793. The van der Waals surface area contributed by atoms with E-state index in [0.717, 1.165) is 18.8 Å². The van der Waals surface area contributed by atoms with Crippen LogP contribution in [0.2, 0.25) is 0 Å². The van der Waals surface area contributed by atoms with Crippen molar-refractivity contribution in [2.75, 3.05) is 31.5 Å². The summed E-state index contributed by atoms with van der Waals surface area (Å²) in [6, 6.07) is 18.0. The van der Waals surface area contributed by atoms with Crippen LogP contribution in [-0.2, 0) is 4.79 Å². The molecule has 1 saturated heterocycles. The molecule has 1 amide bonds. The van der Waals surface area contributed by atoms with Crippen LogP contribution in [0.25, 0.3) is 0 Å². The largest absolute Gasteiger partial charge is 0.376 e. The first-order valence-electron chi connectivity index (χ1n) is 9.47. The van der Waals surface area contributed by atoms with Crippen molar-refractivity contribution in [1.82, 2.24) is 10.2 Å². The number of nitriles is 1. The molecule has 27 heavy (non-hydrogen) atoms. The number of nitrogens with zero attached hydrogens (tertiary/aromatic N) is 2. The maximum atomic E-state index is 12.3. The van der Waals surface area contributed by atoms with Gasteiger partial charge in [-0.2, -0.15) is 5.26 Å². The molecule has 1 fully saturated rings. The summed E-state index contributed by atoms with van der Waals surface area (Å²) in [7, 11) is 0. The fraction of sp³-hybridized carbons (Fsp3) is 0.364. The molecule has 2 aromatic rings. The van der Waals surface area contributed by atoms with E-state index >= 15 is 0 Å². The first-order valence-corrected chi connectivity index (χ1v) is 9.47. The Kier molecular flexibility index (Phi) is 6.45. The monoisotopic (exact) mass is 362 g/mol. The molecule has 1 unspecified atom stereocenters. The lowest BCUT2D eigenvalue weighted by Gasteiger charge is -2.28. The molecule has 0 bridgehead atoms. The Bertz CT molecular complexity index is 787. The van der Waals surface area contributed by atoms with E-state index in [0.29, 0.717) is 12.1 Å². The first-order chi connectivity index (χ1) is 13.2. The van der Waals surface area contributed by atoms with E-state index in [2.05, 4.69) is 52.8 Å². The van der Waals surface area contributed by atoms with E-state index in [-0.39, 0.29) is 18.5 Å². The maximum absolute atomic E-state index is 12.3. The zero-order chi connectivity index (χ0) is 19.1.